The second kappa shape index (κ2) is 6.88. The average Bonchev–Trinajstić information content (AvgIpc) is 3.07. The lowest BCUT2D eigenvalue weighted by molar-refractivity contribution is 0.351. The van der Waals surface area contributed by atoms with Crippen LogP contribution in [0.3, 0.4) is 0 Å². The summed E-state index contributed by atoms with van der Waals surface area (Å²) in [6.45, 7) is 4.01. The van der Waals surface area contributed by atoms with E-state index in [0.29, 0.717) is 10.7 Å². The molecule has 2 aromatic carbocycles. The zero-order chi connectivity index (χ0) is 20.1. The number of benzene rings is 2. The van der Waals surface area contributed by atoms with Crippen molar-refractivity contribution in [2.45, 2.75) is 19.9 Å². The van der Waals surface area contributed by atoms with E-state index >= 15 is 0 Å². The maximum atomic E-state index is 12.4. The number of aryl methyl sites for hydroxylation is 2. The first-order chi connectivity index (χ1) is 13.2. The van der Waals surface area contributed by atoms with Crippen molar-refractivity contribution in [1.29, 1.82) is 0 Å². The zero-order valence-corrected chi connectivity index (χ0v) is 17.3. The molecule has 2 heterocycles. The highest BCUT2D eigenvalue weighted by Gasteiger charge is 2.35. The summed E-state index contributed by atoms with van der Waals surface area (Å²) in [4.78, 5) is 4.47. The zero-order valence-electron chi connectivity index (χ0n) is 15.8. The average molecular weight is 414 g/mol. The molecule has 1 N–H and O–H groups in total. The van der Waals surface area contributed by atoms with Gasteiger partial charge in [0.25, 0.3) is 0 Å². The third kappa shape index (κ3) is 3.51. The lowest BCUT2D eigenvalue weighted by atomic mass is 10.0. The van der Waals surface area contributed by atoms with Gasteiger partial charge in [-0.25, -0.2) is 13.4 Å². The maximum absolute atomic E-state index is 12.4. The molecule has 4 rings (SSSR count). The van der Waals surface area contributed by atoms with Crippen LogP contribution in [0.1, 0.15) is 28.3 Å². The molecule has 7 heteroatoms. The number of pyridine rings is 1. The number of rotatable bonds is 3. The minimum absolute atomic E-state index is 0.290. The summed E-state index contributed by atoms with van der Waals surface area (Å²) in [5, 5.41) is 1.21. The third-order valence-electron chi connectivity index (χ3n) is 4.80. The highest BCUT2D eigenvalue weighted by atomic mass is 35.5. The van der Waals surface area contributed by atoms with Crippen molar-refractivity contribution in [3.63, 3.8) is 0 Å². The first-order valence-electron chi connectivity index (χ1n) is 8.84. The predicted octanol–water partition coefficient (Wildman–Crippen LogP) is 4.37. The van der Waals surface area contributed by atoms with Gasteiger partial charge in [-0.1, -0.05) is 53.1 Å². The van der Waals surface area contributed by atoms with Crippen molar-refractivity contribution in [3.8, 4) is 0 Å². The van der Waals surface area contributed by atoms with Crippen LogP contribution in [0.5, 0.6) is 0 Å². The van der Waals surface area contributed by atoms with Crippen LogP contribution in [0.4, 0.5) is 0 Å². The van der Waals surface area contributed by atoms with Gasteiger partial charge in [-0.15, -0.1) is 4.41 Å². The quantitative estimate of drug-likeness (QED) is 0.648. The smallest absolute Gasteiger partial charge is 0.228 e. The van der Waals surface area contributed by atoms with Gasteiger partial charge in [0.05, 0.1) is 23.5 Å². The fourth-order valence-electron chi connectivity index (χ4n) is 3.35. The number of hydrazine groups is 1. The molecule has 0 aliphatic carbocycles. The van der Waals surface area contributed by atoms with Crippen molar-refractivity contribution in [2.24, 2.45) is 0 Å². The molecule has 0 bridgehead atoms. The van der Waals surface area contributed by atoms with Gasteiger partial charge in [0.15, 0.2) is 0 Å². The van der Waals surface area contributed by atoms with Crippen LogP contribution in [0.25, 0.3) is 16.6 Å². The Morgan fingerprint density at radius 3 is 2.39 bits per heavy atom. The molecular weight excluding hydrogens is 394 g/mol. The van der Waals surface area contributed by atoms with E-state index < -0.39 is 16.1 Å². The van der Waals surface area contributed by atoms with Crippen LogP contribution < -0.4 is 5.43 Å². The third-order valence-corrected chi connectivity index (χ3v) is 6.13. The molecule has 0 radical (unpaired) electrons. The molecule has 1 aliphatic heterocycles. The van der Waals surface area contributed by atoms with Crippen molar-refractivity contribution < 1.29 is 8.42 Å². The highest BCUT2D eigenvalue weighted by Crippen LogP contribution is 2.37. The Labute approximate surface area is 169 Å². The molecule has 0 amide bonds. The number of fused-ring (bicyclic) bond motifs is 1. The van der Waals surface area contributed by atoms with Gasteiger partial charge in [-0.05, 0) is 43.7 Å². The molecule has 0 saturated carbocycles. The van der Waals surface area contributed by atoms with E-state index in [9.17, 15) is 8.42 Å². The second-order valence-electron chi connectivity index (χ2n) is 7.13. The molecule has 0 unspecified atom stereocenters. The first-order valence-corrected chi connectivity index (χ1v) is 11.1. The monoisotopic (exact) mass is 413 g/mol. The fraction of sp³-hybridized carbons (Fsp3) is 0.190. The Morgan fingerprint density at radius 2 is 1.71 bits per heavy atom. The Hall–Kier alpha value is -2.41. The summed E-state index contributed by atoms with van der Waals surface area (Å²) in [7, 11) is -3.54. The molecule has 28 heavy (non-hydrogen) atoms. The number of nitrogens with zero attached hydrogens (tertiary/aromatic N) is 2. The van der Waals surface area contributed by atoms with Crippen LogP contribution in [-0.4, -0.2) is 24.1 Å². The number of hydrogen-bond donors (Lipinski definition) is 1. The number of nitrogens with one attached hydrogen (secondary N) is 1. The molecule has 1 aromatic heterocycles. The summed E-state index contributed by atoms with van der Waals surface area (Å²) in [5.41, 5.74) is 8.30. The number of aromatic nitrogens is 1. The maximum Gasteiger partial charge on any atom is 0.228 e. The topological polar surface area (TPSA) is 62.3 Å². The van der Waals surface area contributed by atoms with Gasteiger partial charge >= 0.3 is 0 Å². The van der Waals surface area contributed by atoms with Gasteiger partial charge in [0, 0.05) is 10.9 Å². The van der Waals surface area contributed by atoms with Crippen LogP contribution >= 0.6 is 11.6 Å². The summed E-state index contributed by atoms with van der Waals surface area (Å²) < 4.78 is 26.1. The Bertz CT molecular complexity index is 1200. The summed E-state index contributed by atoms with van der Waals surface area (Å²) in [6.07, 6.45) is 3.04. The predicted molar refractivity (Wildman–Crippen MR) is 113 cm³/mol. The summed E-state index contributed by atoms with van der Waals surface area (Å²) >= 11 is 6.46. The molecule has 1 aliphatic rings. The van der Waals surface area contributed by atoms with E-state index in [1.165, 1.54) is 10.7 Å². The molecule has 0 spiro atoms. The lowest BCUT2D eigenvalue weighted by Gasteiger charge is -2.23. The Balaban J connectivity index is 1.85. The van der Waals surface area contributed by atoms with Gasteiger partial charge < -0.3 is 5.43 Å². The highest BCUT2D eigenvalue weighted by molar-refractivity contribution is 7.88. The van der Waals surface area contributed by atoms with Crippen LogP contribution in [0, 0.1) is 13.8 Å². The Kier molecular flexibility index (Phi) is 4.65. The van der Waals surface area contributed by atoms with Gasteiger partial charge in [-0.2, -0.15) is 0 Å². The first kappa shape index (κ1) is 18.9. The SMILES string of the molecule is Cc1ccc(C2=C[C@@H](c3cc4cc(C)ccc4nc3Cl)N(S(C)(=O)=O)N2)cc1. The molecule has 0 saturated heterocycles. The van der Waals surface area contributed by atoms with Gasteiger partial charge in [-0.3, -0.25) is 0 Å². The Morgan fingerprint density at radius 1 is 1.04 bits per heavy atom. The number of sulfonamides is 1. The number of hydrogen-bond acceptors (Lipinski definition) is 4. The summed E-state index contributed by atoms with van der Waals surface area (Å²) in [5.74, 6) is 0. The van der Waals surface area contributed by atoms with E-state index in [0.717, 1.165) is 33.3 Å². The molecule has 3 aromatic rings. The van der Waals surface area contributed by atoms with Crippen molar-refractivity contribution >= 4 is 38.2 Å². The molecule has 144 valence electrons. The van der Waals surface area contributed by atoms with Crippen molar-refractivity contribution in [3.05, 3.63) is 82.0 Å². The van der Waals surface area contributed by atoms with Crippen LogP contribution in [0.15, 0.2) is 54.6 Å². The van der Waals surface area contributed by atoms with Gasteiger partial charge in [0.1, 0.15) is 5.15 Å². The van der Waals surface area contributed by atoms with E-state index in [-0.39, 0.29) is 0 Å². The van der Waals surface area contributed by atoms with Crippen molar-refractivity contribution in [1.82, 2.24) is 14.8 Å². The van der Waals surface area contributed by atoms with E-state index in [4.69, 9.17) is 11.6 Å². The lowest BCUT2D eigenvalue weighted by Crippen LogP contribution is -2.38. The van der Waals surface area contributed by atoms with Crippen LogP contribution in [0.2, 0.25) is 5.15 Å². The van der Waals surface area contributed by atoms with Gasteiger partial charge in [0.2, 0.25) is 10.0 Å². The minimum atomic E-state index is -3.54. The fourth-order valence-corrected chi connectivity index (χ4v) is 4.46. The van der Waals surface area contributed by atoms with E-state index in [1.54, 1.807) is 0 Å². The largest absolute Gasteiger partial charge is 0.304 e. The second-order valence-corrected chi connectivity index (χ2v) is 9.34. The molecule has 1 atom stereocenters. The van der Waals surface area contributed by atoms with Crippen molar-refractivity contribution in [2.75, 3.05) is 6.26 Å². The minimum Gasteiger partial charge on any atom is -0.304 e. The number of halogens is 1. The van der Waals surface area contributed by atoms with E-state index in [1.807, 2.05) is 68.5 Å². The standard InChI is InChI=1S/C21H20ClN3O2S/c1-13-4-7-15(8-5-13)19-12-20(25(24-19)28(3,26)27)17-11-16-10-14(2)6-9-18(16)23-21(17)22/h4-12,20,24H,1-3H3/t20-/m0/s1. The normalized spacial score (nSPS) is 17.6. The van der Waals surface area contributed by atoms with Crippen LogP contribution in [-0.2, 0) is 10.0 Å². The molecule has 0 fully saturated rings. The molecular formula is C21H20ClN3O2S. The molecule has 5 nitrogen and oxygen atoms in total. The van der Waals surface area contributed by atoms with E-state index in [2.05, 4.69) is 10.4 Å². The summed E-state index contributed by atoms with van der Waals surface area (Å²) in [6, 6.07) is 15.1.